The largest absolute Gasteiger partial charge is 0.481 e. The highest BCUT2D eigenvalue weighted by Gasteiger charge is 2.29. The first-order valence-corrected chi connectivity index (χ1v) is 5.07. The molecule has 76 valence electrons. The van der Waals surface area contributed by atoms with E-state index in [1.54, 1.807) is 0 Å². The van der Waals surface area contributed by atoms with E-state index in [4.69, 9.17) is 5.11 Å². The lowest BCUT2D eigenvalue weighted by molar-refractivity contribution is -0.141. The number of para-hydroxylation sites is 1. The number of carbonyl (C=O) groups is 1. The Bertz CT molecular complexity index is 542. The van der Waals surface area contributed by atoms with E-state index in [9.17, 15) is 4.79 Å². The Labute approximate surface area is 86.7 Å². The van der Waals surface area contributed by atoms with Crippen LogP contribution in [-0.4, -0.2) is 16.1 Å². The van der Waals surface area contributed by atoms with E-state index in [0.717, 1.165) is 11.2 Å². The van der Waals surface area contributed by atoms with Gasteiger partial charge in [0.25, 0.3) is 0 Å². The number of carboxylic acids is 1. The van der Waals surface area contributed by atoms with E-state index in [-0.39, 0.29) is 5.92 Å². The van der Waals surface area contributed by atoms with E-state index < -0.39 is 5.97 Å². The molecule has 15 heavy (non-hydrogen) atoms. The van der Waals surface area contributed by atoms with Crippen LogP contribution in [0.5, 0.6) is 0 Å². The van der Waals surface area contributed by atoms with E-state index in [2.05, 4.69) is 11.1 Å². The Balaban J connectivity index is 2.12. The lowest BCUT2D eigenvalue weighted by Gasteiger charge is -2.01. The molecule has 2 aromatic rings. The molecule has 0 aliphatic heterocycles. The fraction of sp³-hybridized carbons (Fsp3) is 0.250. The van der Waals surface area contributed by atoms with Crippen molar-refractivity contribution in [1.29, 1.82) is 0 Å². The van der Waals surface area contributed by atoms with Gasteiger partial charge in [0.05, 0.1) is 5.92 Å². The summed E-state index contributed by atoms with van der Waals surface area (Å²) in [7, 11) is 0. The number of hydrogen-bond donors (Lipinski definition) is 2. The first-order chi connectivity index (χ1) is 7.25. The normalized spacial score (nSPS) is 19.3. The molecular formula is C12H11NO2. The van der Waals surface area contributed by atoms with Crippen molar-refractivity contribution in [2.75, 3.05) is 0 Å². The van der Waals surface area contributed by atoms with E-state index in [1.165, 1.54) is 10.9 Å². The molecular weight excluding hydrogens is 190 g/mol. The number of fused-ring (bicyclic) bond motifs is 3. The summed E-state index contributed by atoms with van der Waals surface area (Å²) in [6.45, 7) is 0. The third kappa shape index (κ3) is 1.16. The summed E-state index contributed by atoms with van der Waals surface area (Å²) in [4.78, 5) is 14.2. The Hall–Kier alpha value is -1.77. The van der Waals surface area contributed by atoms with Gasteiger partial charge in [0.15, 0.2) is 0 Å². The minimum Gasteiger partial charge on any atom is -0.481 e. The molecule has 3 rings (SSSR count). The van der Waals surface area contributed by atoms with Crippen LogP contribution >= 0.6 is 0 Å². The van der Waals surface area contributed by atoms with Crippen molar-refractivity contribution in [1.82, 2.24) is 4.98 Å². The van der Waals surface area contributed by atoms with Crippen LogP contribution in [-0.2, 0) is 17.6 Å². The molecule has 1 aromatic carbocycles. The second-order valence-electron chi connectivity index (χ2n) is 4.07. The number of carboxylic acid groups (broad SMARTS) is 1. The molecule has 0 fully saturated rings. The number of aromatic nitrogens is 1. The van der Waals surface area contributed by atoms with Crippen LogP contribution in [0.3, 0.4) is 0 Å². The van der Waals surface area contributed by atoms with Gasteiger partial charge in [-0.2, -0.15) is 0 Å². The molecule has 0 bridgehead atoms. The molecule has 1 aliphatic rings. The molecule has 3 nitrogen and oxygen atoms in total. The Morgan fingerprint density at radius 1 is 1.33 bits per heavy atom. The molecule has 1 aliphatic carbocycles. The maximum atomic E-state index is 10.9. The third-order valence-corrected chi connectivity index (χ3v) is 3.15. The van der Waals surface area contributed by atoms with Gasteiger partial charge in [-0.05, 0) is 18.1 Å². The topological polar surface area (TPSA) is 53.1 Å². The number of rotatable bonds is 1. The number of benzene rings is 1. The number of aliphatic carboxylic acids is 1. The van der Waals surface area contributed by atoms with Gasteiger partial charge in [-0.25, -0.2) is 0 Å². The van der Waals surface area contributed by atoms with E-state index in [0.29, 0.717) is 12.8 Å². The maximum absolute atomic E-state index is 10.9. The minimum atomic E-state index is -0.691. The second kappa shape index (κ2) is 2.86. The molecule has 0 saturated carbocycles. The van der Waals surface area contributed by atoms with Gasteiger partial charge in [-0.1, -0.05) is 18.2 Å². The van der Waals surface area contributed by atoms with Crippen LogP contribution < -0.4 is 0 Å². The quantitative estimate of drug-likeness (QED) is 0.741. The summed E-state index contributed by atoms with van der Waals surface area (Å²) in [6, 6.07) is 8.06. The van der Waals surface area contributed by atoms with Crippen LogP contribution in [0.2, 0.25) is 0 Å². The number of aromatic amines is 1. The van der Waals surface area contributed by atoms with Gasteiger partial charge < -0.3 is 10.1 Å². The van der Waals surface area contributed by atoms with Gasteiger partial charge in [-0.3, -0.25) is 4.79 Å². The van der Waals surface area contributed by atoms with Crippen LogP contribution in [0.4, 0.5) is 0 Å². The van der Waals surface area contributed by atoms with Crippen molar-refractivity contribution in [2.45, 2.75) is 12.8 Å². The van der Waals surface area contributed by atoms with Gasteiger partial charge in [0, 0.05) is 23.0 Å². The van der Waals surface area contributed by atoms with Crippen molar-refractivity contribution in [3.63, 3.8) is 0 Å². The predicted molar refractivity (Wildman–Crippen MR) is 56.8 cm³/mol. The van der Waals surface area contributed by atoms with Crippen molar-refractivity contribution >= 4 is 16.9 Å². The molecule has 1 aromatic heterocycles. The highest BCUT2D eigenvalue weighted by atomic mass is 16.4. The molecule has 0 unspecified atom stereocenters. The summed E-state index contributed by atoms with van der Waals surface area (Å²) in [5.41, 5.74) is 3.41. The molecule has 1 atom stereocenters. The van der Waals surface area contributed by atoms with Crippen molar-refractivity contribution in [3.05, 3.63) is 35.5 Å². The monoisotopic (exact) mass is 201 g/mol. The molecule has 3 heteroatoms. The first kappa shape index (κ1) is 8.53. The highest BCUT2D eigenvalue weighted by molar-refractivity contribution is 5.86. The lowest BCUT2D eigenvalue weighted by atomic mass is 10.1. The average molecular weight is 201 g/mol. The Kier molecular flexibility index (Phi) is 1.63. The maximum Gasteiger partial charge on any atom is 0.307 e. The predicted octanol–water partition coefficient (Wildman–Crippen LogP) is 1.97. The van der Waals surface area contributed by atoms with Crippen molar-refractivity contribution in [2.24, 2.45) is 5.92 Å². The zero-order chi connectivity index (χ0) is 10.4. The fourth-order valence-electron chi connectivity index (χ4n) is 2.40. The second-order valence-corrected chi connectivity index (χ2v) is 4.07. The molecule has 1 heterocycles. The summed E-state index contributed by atoms with van der Waals surface area (Å²) in [5.74, 6) is -0.931. The average Bonchev–Trinajstić information content (AvgIpc) is 2.73. The molecule has 0 amide bonds. The van der Waals surface area contributed by atoms with Crippen LogP contribution in [0.25, 0.3) is 10.9 Å². The smallest absolute Gasteiger partial charge is 0.307 e. The summed E-state index contributed by atoms with van der Waals surface area (Å²) >= 11 is 0. The number of nitrogens with one attached hydrogen (secondary N) is 1. The molecule has 0 radical (unpaired) electrons. The van der Waals surface area contributed by atoms with Crippen LogP contribution in [0, 0.1) is 5.92 Å². The summed E-state index contributed by atoms with van der Waals surface area (Å²) in [6.07, 6.45) is 1.30. The van der Waals surface area contributed by atoms with E-state index >= 15 is 0 Å². The zero-order valence-corrected chi connectivity index (χ0v) is 8.16. The highest BCUT2D eigenvalue weighted by Crippen LogP contribution is 2.32. The zero-order valence-electron chi connectivity index (χ0n) is 8.16. The molecule has 0 saturated heterocycles. The summed E-state index contributed by atoms with van der Waals surface area (Å²) < 4.78 is 0. The molecule has 0 spiro atoms. The van der Waals surface area contributed by atoms with Gasteiger partial charge in [0.2, 0.25) is 0 Å². The molecule has 2 N–H and O–H groups in total. The Morgan fingerprint density at radius 2 is 2.13 bits per heavy atom. The standard InChI is InChI=1S/C12H11NO2/c14-12(15)7-5-9-8-3-1-2-4-10(8)13-11(9)6-7/h1-4,7,13H,5-6H2,(H,14,15)/t7-/m1/s1. The van der Waals surface area contributed by atoms with Gasteiger partial charge in [-0.15, -0.1) is 0 Å². The van der Waals surface area contributed by atoms with E-state index in [1.807, 2.05) is 18.2 Å². The summed E-state index contributed by atoms with van der Waals surface area (Å²) in [5, 5.41) is 10.1. The van der Waals surface area contributed by atoms with Crippen LogP contribution in [0.1, 0.15) is 11.3 Å². The van der Waals surface area contributed by atoms with Crippen molar-refractivity contribution in [3.8, 4) is 0 Å². The number of hydrogen-bond acceptors (Lipinski definition) is 1. The fourth-order valence-corrected chi connectivity index (χ4v) is 2.40. The SMILES string of the molecule is O=C(O)[C@H]1Cc2[nH]c3ccccc3c2C1. The lowest BCUT2D eigenvalue weighted by Crippen LogP contribution is -2.13. The number of H-pyrrole nitrogens is 1. The van der Waals surface area contributed by atoms with Gasteiger partial charge >= 0.3 is 5.97 Å². The first-order valence-electron chi connectivity index (χ1n) is 5.07. The third-order valence-electron chi connectivity index (χ3n) is 3.15. The minimum absolute atomic E-state index is 0.240. The Morgan fingerprint density at radius 3 is 2.93 bits per heavy atom. The van der Waals surface area contributed by atoms with Gasteiger partial charge in [0.1, 0.15) is 0 Å². The van der Waals surface area contributed by atoms with Crippen molar-refractivity contribution < 1.29 is 9.90 Å². The van der Waals surface area contributed by atoms with Crippen LogP contribution in [0.15, 0.2) is 24.3 Å².